The average Bonchev–Trinajstić information content (AvgIpc) is 2.00. The highest BCUT2D eigenvalue weighted by atomic mass is 16.5. The number of hydrogen-bond acceptors (Lipinski definition) is 3. The topological polar surface area (TPSA) is 52.3 Å². The molecule has 0 aliphatic rings. The van der Waals surface area contributed by atoms with Crippen LogP contribution in [0.25, 0.3) is 0 Å². The third kappa shape index (κ3) is 4.34. The average molecular weight is 173 g/mol. The van der Waals surface area contributed by atoms with Crippen LogP contribution in [-0.2, 0) is 9.53 Å². The van der Waals surface area contributed by atoms with Gasteiger partial charge in [-0.25, -0.2) is 0 Å². The highest BCUT2D eigenvalue weighted by molar-refractivity contribution is 5.72. The van der Waals surface area contributed by atoms with Crippen molar-refractivity contribution in [2.24, 2.45) is 17.6 Å². The molecule has 0 saturated carbocycles. The van der Waals surface area contributed by atoms with Crippen LogP contribution in [-0.4, -0.2) is 19.1 Å². The Kier molecular flexibility index (Phi) is 5.72. The van der Waals surface area contributed by atoms with E-state index in [0.29, 0.717) is 19.1 Å². The monoisotopic (exact) mass is 173 g/mol. The fourth-order valence-electron chi connectivity index (χ4n) is 1.12. The Morgan fingerprint density at radius 3 is 2.42 bits per heavy atom. The lowest BCUT2D eigenvalue weighted by atomic mass is 9.97. The van der Waals surface area contributed by atoms with E-state index in [9.17, 15) is 4.79 Å². The fourth-order valence-corrected chi connectivity index (χ4v) is 1.12. The summed E-state index contributed by atoms with van der Waals surface area (Å²) in [4.78, 5) is 11.2. The highest BCUT2D eigenvalue weighted by Crippen LogP contribution is 2.11. The summed E-state index contributed by atoms with van der Waals surface area (Å²) in [5.74, 6) is 0.210. The summed E-state index contributed by atoms with van der Waals surface area (Å²) < 4.78 is 4.88. The number of rotatable bonds is 5. The molecule has 0 rings (SSSR count). The minimum absolute atomic E-state index is 0.120. The summed E-state index contributed by atoms with van der Waals surface area (Å²) in [5, 5.41) is 0. The maximum Gasteiger partial charge on any atom is 0.310 e. The molecule has 72 valence electrons. The number of carbonyl (C=O) groups excluding carboxylic acids is 1. The molecule has 0 fully saturated rings. The molecule has 0 aliphatic heterocycles. The van der Waals surface area contributed by atoms with Gasteiger partial charge in [-0.05, 0) is 19.3 Å². The van der Waals surface area contributed by atoms with Crippen LogP contribution >= 0.6 is 0 Å². The number of carbonyl (C=O) groups is 1. The first-order valence-electron chi connectivity index (χ1n) is 4.48. The maximum absolute atomic E-state index is 11.2. The summed E-state index contributed by atoms with van der Waals surface area (Å²) in [7, 11) is 0. The SMILES string of the molecule is CCOC(=O)[C@H](CN)CC(C)C. The van der Waals surface area contributed by atoms with Crippen molar-refractivity contribution < 1.29 is 9.53 Å². The van der Waals surface area contributed by atoms with E-state index in [-0.39, 0.29) is 11.9 Å². The molecule has 0 aromatic heterocycles. The largest absolute Gasteiger partial charge is 0.466 e. The second-order valence-electron chi connectivity index (χ2n) is 3.31. The van der Waals surface area contributed by atoms with Gasteiger partial charge < -0.3 is 10.5 Å². The lowest BCUT2D eigenvalue weighted by Gasteiger charge is -2.14. The second-order valence-corrected chi connectivity index (χ2v) is 3.31. The molecule has 0 bridgehead atoms. The van der Waals surface area contributed by atoms with Gasteiger partial charge >= 0.3 is 5.97 Å². The van der Waals surface area contributed by atoms with E-state index in [4.69, 9.17) is 10.5 Å². The zero-order valence-corrected chi connectivity index (χ0v) is 8.17. The van der Waals surface area contributed by atoms with Gasteiger partial charge in [0.15, 0.2) is 0 Å². The van der Waals surface area contributed by atoms with Crippen LogP contribution in [0.3, 0.4) is 0 Å². The molecule has 3 heteroatoms. The first kappa shape index (κ1) is 11.4. The third-order valence-corrected chi connectivity index (χ3v) is 1.66. The lowest BCUT2D eigenvalue weighted by Crippen LogP contribution is -2.27. The fraction of sp³-hybridized carbons (Fsp3) is 0.889. The molecule has 0 saturated heterocycles. The van der Waals surface area contributed by atoms with E-state index in [0.717, 1.165) is 6.42 Å². The normalized spacial score (nSPS) is 13.1. The van der Waals surface area contributed by atoms with Crippen molar-refractivity contribution in [1.82, 2.24) is 0 Å². The molecule has 3 nitrogen and oxygen atoms in total. The Labute approximate surface area is 74.3 Å². The van der Waals surface area contributed by atoms with Crippen LogP contribution in [0.4, 0.5) is 0 Å². The molecule has 0 amide bonds. The molecule has 0 aliphatic carbocycles. The molecule has 0 unspecified atom stereocenters. The van der Waals surface area contributed by atoms with E-state index < -0.39 is 0 Å². The molecule has 0 radical (unpaired) electrons. The third-order valence-electron chi connectivity index (χ3n) is 1.66. The van der Waals surface area contributed by atoms with Gasteiger partial charge in [0.05, 0.1) is 12.5 Å². The molecule has 0 aromatic rings. The molecule has 1 atom stereocenters. The Hall–Kier alpha value is -0.570. The van der Waals surface area contributed by atoms with Gasteiger partial charge in [-0.2, -0.15) is 0 Å². The predicted molar refractivity (Wildman–Crippen MR) is 48.6 cm³/mol. The van der Waals surface area contributed by atoms with Crippen molar-refractivity contribution in [2.75, 3.05) is 13.2 Å². The summed E-state index contributed by atoms with van der Waals surface area (Å²) in [6, 6.07) is 0. The Morgan fingerprint density at radius 2 is 2.08 bits per heavy atom. The van der Waals surface area contributed by atoms with Crippen molar-refractivity contribution in [3.05, 3.63) is 0 Å². The number of nitrogens with two attached hydrogens (primary N) is 1. The zero-order valence-electron chi connectivity index (χ0n) is 8.17. The minimum Gasteiger partial charge on any atom is -0.466 e. The van der Waals surface area contributed by atoms with Crippen LogP contribution in [0.1, 0.15) is 27.2 Å². The van der Waals surface area contributed by atoms with Crippen LogP contribution in [0.15, 0.2) is 0 Å². The number of esters is 1. The first-order chi connectivity index (χ1) is 5.61. The molecule has 0 spiro atoms. The molecular weight excluding hydrogens is 154 g/mol. The molecule has 0 heterocycles. The van der Waals surface area contributed by atoms with Gasteiger partial charge in [-0.1, -0.05) is 13.8 Å². The van der Waals surface area contributed by atoms with Gasteiger partial charge in [0.25, 0.3) is 0 Å². The van der Waals surface area contributed by atoms with E-state index in [1.807, 2.05) is 0 Å². The van der Waals surface area contributed by atoms with Gasteiger partial charge in [-0.3, -0.25) is 4.79 Å². The highest BCUT2D eigenvalue weighted by Gasteiger charge is 2.18. The molecule has 2 N–H and O–H groups in total. The van der Waals surface area contributed by atoms with Gasteiger partial charge in [0, 0.05) is 6.54 Å². The van der Waals surface area contributed by atoms with Crippen LogP contribution < -0.4 is 5.73 Å². The van der Waals surface area contributed by atoms with Gasteiger partial charge in [0.2, 0.25) is 0 Å². The van der Waals surface area contributed by atoms with E-state index >= 15 is 0 Å². The van der Waals surface area contributed by atoms with Crippen LogP contribution in [0, 0.1) is 11.8 Å². The zero-order chi connectivity index (χ0) is 9.56. The van der Waals surface area contributed by atoms with Crippen molar-refractivity contribution in [2.45, 2.75) is 27.2 Å². The quantitative estimate of drug-likeness (QED) is 0.635. The summed E-state index contributed by atoms with van der Waals surface area (Å²) in [6.07, 6.45) is 0.815. The van der Waals surface area contributed by atoms with E-state index in [2.05, 4.69) is 13.8 Å². The van der Waals surface area contributed by atoms with E-state index in [1.54, 1.807) is 6.92 Å². The van der Waals surface area contributed by atoms with Gasteiger partial charge in [-0.15, -0.1) is 0 Å². The Balaban J connectivity index is 3.87. The standard InChI is InChI=1S/C9H19NO2/c1-4-12-9(11)8(6-10)5-7(2)3/h7-8H,4-6,10H2,1-3H3/t8-/m0/s1. The van der Waals surface area contributed by atoms with Crippen molar-refractivity contribution in [3.63, 3.8) is 0 Å². The maximum atomic E-state index is 11.2. The van der Waals surface area contributed by atoms with E-state index in [1.165, 1.54) is 0 Å². The first-order valence-corrected chi connectivity index (χ1v) is 4.48. The van der Waals surface area contributed by atoms with Gasteiger partial charge in [0.1, 0.15) is 0 Å². The summed E-state index contributed by atoms with van der Waals surface area (Å²) in [6.45, 7) is 6.77. The number of ether oxygens (including phenoxy) is 1. The second kappa shape index (κ2) is 6.00. The smallest absolute Gasteiger partial charge is 0.310 e. The van der Waals surface area contributed by atoms with Crippen LogP contribution in [0.2, 0.25) is 0 Å². The predicted octanol–water partition coefficient (Wildman–Crippen LogP) is 1.17. The van der Waals surface area contributed by atoms with Crippen molar-refractivity contribution in [1.29, 1.82) is 0 Å². The van der Waals surface area contributed by atoms with Crippen molar-refractivity contribution in [3.8, 4) is 0 Å². The minimum atomic E-state index is -0.159. The Bertz CT molecular complexity index is 134. The molecule has 0 aromatic carbocycles. The molecule has 12 heavy (non-hydrogen) atoms. The molecular formula is C9H19NO2. The lowest BCUT2D eigenvalue weighted by molar-refractivity contribution is -0.148. The number of hydrogen-bond donors (Lipinski definition) is 1. The van der Waals surface area contributed by atoms with Crippen molar-refractivity contribution >= 4 is 5.97 Å². The Morgan fingerprint density at radius 1 is 1.50 bits per heavy atom. The summed E-state index contributed by atoms with van der Waals surface area (Å²) in [5.41, 5.74) is 5.45. The van der Waals surface area contributed by atoms with Crippen LogP contribution in [0.5, 0.6) is 0 Å². The summed E-state index contributed by atoms with van der Waals surface area (Å²) >= 11 is 0.